The lowest BCUT2D eigenvalue weighted by atomic mass is 10.4. The maximum absolute atomic E-state index is 10.4. The lowest BCUT2D eigenvalue weighted by Gasteiger charge is -1.88. The molecule has 0 rings (SSSR count). The van der Waals surface area contributed by atoms with Crippen molar-refractivity contribution in [3.8, 4) is 0 Å². The predicted octanol–water partition coefficient (Wildman–Crippen LogP) is 0.242. The Bertz CT molecular complexity index is 238. The number of carboxylic acid groups (broad SMARTS) is 1. The Morgan fingerprint density at radius 1 is 1.33 bits per heavy atom. The highest BCUT2D eigenvalue weighted by Gasteiger charge is 2.00. The van der Waals surface area contributed by atoms with Crippen molar-refractivity contribution in [1.29, 1.82) is 0 Å². The second-order valence-electron chi connectivity index (χ2n) is 1.74. The summed E-state index contributed by atoms with van der Waals surface area (Å²) in [6, 6.07) is 0. The first kappa shape index (κ1) is 10.2. The van der Waals surface area contributed by atoms with Crippen LogP contribution in [0.2, 0.25) is 0 Å². The van der Waals surface area contributed by atoms with Crippen molar-refractivity contribution in [3.63, 3.8) is 0 Å². The van der Waals surface area contributed by atoms with Crippen LogP contribution in [0.1, 0.15) is 0 Å². The average Bonchev–Trinajstić information content (AvgIpc) is 2.03. The van der Waals surface area contributed by atoms with Gasteiger partial charge in [-0.2, -0.15) is 0 Å². The first-order chi connectivity index (χ1) is 5.57. The molecular formula is C7H8O5. The van der Waals surface area contributed by atoms with Gasteiger partial charge in [-0.25, -0.2) is 9.59 Å². The van der Waals surface area contributed by atoms with Crippen molar-refractivity contribution >= 4 is 11.9 Å². The van der Waals surface area contributed by atoms with E-state index < -0.39 is 17.7 Å². The van der Waals surface area contributed by atoms with Crippen LogP contribution in [0.4, 0.5) is 0 Å². The van der Waals surface area contributed by atoms with E-state index >= 15 is 0 Å². The number of aliphatic carboxylic acids is 1. The fourth-order valence-electron chi connectivity index (χ4n) is 0.357. The molecule has 0 aliphatic carbocycles. The van der Waals surface area contributed by atoms with E-state index in [1.807, 2.05) is 0 Å². The van der Waals surface area contributed by atoms with Gasteiger partial charge in [0, 0.05) is 6.08 Å². The molecule has 0 aliphatic heterocycles. The van der Waals surface area contributed by atoms with Crippen molar-refractivity contribution in [2.24, 2.45) is 0 Å². The minimum Gasteiger partial charge on any atom is -0.502 e. The maximum atomic E-state index is 10.4. The Hall–Kier alpha value is -1.78. The molecular weight excluding hydrogens is 164 g/mol. The number of esters is 1. The van der Waals surface area contributed by atoms with Gasteiger partial charge < -0.3 is 14.9 Å². The largest absolute Gasteiger partial charge is 0.502 e. The van der Waals surface area contributed by atoms with Gasteiger partial charge in [-0.1, -0.05) is 6.08 Å². The Labute approximate surface area is 68.6 Å². The zero-order valence-corrected chi connectivity index (χ0v) is 6.35. The van der Waals surface area contributed by atoms with E-state index in [4.69, 9.17) is 10.2 Å². The summed E-state index contributed by atoms with van der Waals surface area (Å²) < 4.78 is 4.21. The highest BCUT2D eigenvalue weighted by molar-refractivity contribution is 5.85. The molecule has 0 aromatic carbocycles. The molecule has 0 amide bonds. The predicted molar refractivity (Wildman–Crippen MR) is 39.5 cm³/mol. The topological polar surface area (TPSA) is 83.8 Å². The molecule has 0 heterocycles. The minimum absolute atomic E-state index is 0.621. The zero-order chi connectivity index (χ0) is 9.56. The summed E-state index contributed by atoms with van der Waals surface area (Å²) in [5.74, 6) is -2.91. The number of ether oxygens (including phenoxy) is 1. The summed E-state index contributed by atoms with van der Waals surface area (Å²) in [5.41, 5.74) is 0. The first-order valence-corrected chi connectivity index (χ1v) is 2.96. The third-order valence-electron chi connectivity index (χ3n) is 0.907. The molecule has 2 N–H and O–H groups in total. The van der Waals surface area contributed by atoms with Gasteiger partial charge in [-0.15, -0.1) is 0 Å². The fourth-order valence-corrected chi connectivity index (χ4v) is 0.357. The van der Waals surface area contributed by atoms with E-state index in [9.17, 15) is 9.59 Å². The van der Waals surface area contributed by atoms with Gasteiger partial charge in [0.2, 0.25) is 5.76 Å². The summed E-state index contributed by atoms with van der Waals surface area (Å²) >= 11 is 0. The van der Waals surface area contributed by atoms with E-state index in [1.54, 1.807) is 0 Å². The van der Waals surface area contributed by atoms with Crippen LogP contribution < -0.4 is 0 Å². The van der Waals surface area contributed by atoms with Crippen LogP contribution in [0.25, 0.3) is 0 Å². The highest BCUT2D eigenvalue weighted by atomic mass is 16.5. The van der Waals surface area contributed by atoms with E-state index in [0.717, 1.165) is 18.2 Å². The van der Waals surface area contributed by atoms with E-state index in [-0.39, 0.29) is 0 Å². The molecule has 0 aromatic rings. The molecule has 66 valence electrons. The zero-order valence-electron chi connectivity index (χ0n) is 6.35. The third-order valence-corrected chi connectivity index (χ3v) is 0.907. The molecule has 0 aromatic heterocycles. The molecule has 0 saturated heterocycles. The third kappa shape index (κ3) is 4.10. The standard InChI is InChI=1S/C7H8O5/c1-12-6(9)4-2-3-5(8)7(10)11/h2-4,8H,1H3,(H,10,11)/b4-2-,5-3+. The lowest BCUT2D eigenvalue weighted by molar-refractivity contribution is -0.136. The van der Waals surface area contributed by atoms with Crippen LogP contribution in [0.15, 0.2) is 24.0 Å². The summed E-state index contributed by atoms with van der Waals surface area (Å²) in [6.07, 6.45) is 2.94. The number of aliphatic hydroxyl groups excluding tert-OH is 1. The molecule has 0 atom stereocenters. The number of allylic oxidation sites excluding steroid dienone is 2. The van der Waals surface area contributed by atoms with Gasteiger partial charge in [0.1, 0.15) is 0 Å². The van der Waals surface area contributed by atoms with Crippen LogP contribution >= 0.6 is 0 Å². The Morgan fingerprint density at radius 3 is 2.33 bits per heavy atom. The molecule has 5 heteroatoms. The molecule has 0 unspecified atom stereocenters. The van der Waals surface area contributed by atoms with E-state index in [1.165, 1.54) is 7.11 Å². The Kier molecular flexibility index (Phi) is 4.21. The Morgan fingerprint density at radius 2 is 1.92 bits per heavy atom. The van der Waals surface area contributed by atoms with Gasteiger partial charge in [0.15, 0.2) is 0 Å². The van der Waals surface area contributed by atoms with Crippen LogP contribution in [-0.4, -0.2) is 29.3 Å². The molecule has 0 saturated carbocycles. The normalized spacial score (nSPS) is 11.6. The van der Waals surface area contributed by atoms with Crippen LogP contribution in [0.3, 0.4) is 0 Å². The number of aliphatic hydroxyl groups is 1. The summed E-state index contributed by atoms with van der Waals surface area (Å²) in [5, 5.41) is 16.7. The van der Waals surface area contributed by atoms with Gasteiger partial charge in [-0.05, 0) is 6.08 Å². The molecule has 12 heavy (non-hydrogen) atoms. The molecule has 0 radical (unpaired) electrons. The molecule has 0 fully saturated rings. The van der Waals surface area contributed by atoms with Crippen molar-refractivity contribution in [2.45, 2.75) is 0 Å². The van der Waals surface area contributed by atoms with Gasteiger partial charge >= 0.3 is 11.9 Å². The van der Waals surface area contributed by atoms with Crippen LogP contribution in [0.5, 0.6) is 0 Å². The quantitative estimate of drug-likeness (QED) is 0.276. The molecule has 5 nitrogen and oxygen atoms in total. The number of carbonyl (C=O) groups is 2. The van der Waals surface area contributed by atoms with Crippen molar-refractivity contribution in [3.05, 3.63) is 24.0 Å². The maximum Gasteiger partial charge on any atom is 0.370 e. The number of rotatable bonds is 3. The van der Waals surface area contributed by atoms with Crippen LogP contribution in [-0.2, 0) is 14.3 Å². The summed E-state index contributed by atoms with van der Waals surface area (Å²) in [6.45, 7) is 0. The van der Waals surface area contributed by atoms with Gasteiger partial charge in [0.05, 0.1) is 7.11 Å². The van der Waals surface area contributed by atoms with Gasteiger partial charge in [0.25, 0.3) is 0 Å². The highest BCUT2D eigenvalue weighted by Crippen LogP contribution is 1.89. The SMILES string of the molecule is COC(=O)/C=C\C=C(\O)C(=O)O. The average molecular weight is 172 g/mol. The second kappa shape index (κ2) is 4.95. The summed E-state index contributed by atoms with van der Waals surface area (Å²) in [4.78, 5) is 20.4. The lowest BCUT2D eigenvalue weighted by Crippen LogP contribution is -1.98. The Balaban J connectivity index is 4.12. The van der Waals surface area contributed by atoms with Crippen molar-refractivity contribution < 1.29 is 24.5 Å². The smallest absolute Gasteiger partial charge is 0.370 e. The van der Waals surface area contributed by atoms with E-state index in [0.29, 0.717) is 0 Å². The molecule has 0 aliphatic rings. The van der Waals surface area contributed by atoms with E-state index in [2.05, 4.69) is 4.74 Å². The number of hydrogen-bond acceptors (Lipinski definition) is 4. The molecule has 0 spiro atoms. The van der Waals surface area contributed by atoms with Gasteiger partial charge in [-0.3, -0.25) is 0 Å². The van der Waals surface area contributed by atoms with Crippen LogP contribution in [0, 0.1) is 0 Å². The number of hydrogen-bond donors (Lipinski definition) is 2. The number of carbonyl (C=O) groups excluding carboxylic acids is 1. The first-order valence-electron chi connectivity index (χ1n) is 2.96. The van der Waals surface area contributed by atoms with Crippen molar-refractivity contribution in [1.82, 2.24) is 0 Å². The number of methoxy groups -OCH3 is 1. The number of carboxylic acids is 1. The monoisotopic (exact) mass is 172 g/mol. The van der Waals surface area contributed by atoms with Crippen molar-refractivity contribution in [2.75, 3.05) is 7.11 Å². The fraction of sp³-hybridized carbons (Fsp3) is 0.143. The second-order valence-corrected chi connectivity index (χ2v) is 1.74. The minimum atomic E-state index is -1.45. The molecule has 0 bridgehead atoms. The summed E-state index contributed by atoms with van der Waals surface area (Å²) in [7, 11) is 1.19.